The van der Waals surface area contributed by atoms with Crippen molar-refractivity contribution in [1.82, 2.24) is 25.3 Å². The Morgan fingerprint density at radius 1 is 1.28 bits per heavy atom. The Morgan fingerprint density at radius 2 is 1.92 bits per heavy atom. The van der Waals surface area contributed by atoms with Gasteiger partial charge in [0, 0.05) is 45.0 Å². The first-order chi connectivity index (χ1) is 11.3. The number of aromatic nitrogens is 2. The number of nitrogens with one attached hydrogen (secondary N) is 2. The smallest absolute Gasteiger partial charge is 0.191 e. The fourth-order valence-corrected chi connectivity index (χ4v) is 3.00. The molecule has 25 heavy (non-hydrogen) atoms. The Morgan fingerprint density at radius 3 is 2.36 bits per heavy atom. The number of hydrogen-bond donors (Lipinski definition) is 2. The maximum absolute atomic E-state index is 4.50. The van der Waals surface area contributed by atoms with Crippen LogP contribution in [0.1, 0.15) is 44.6 Å². The van der Waals surface area contributed by atoms with Crippen LogP contribution in [0, 0.1) is 13.8 Å². The molecule has 0 aromatic carbocycles. The number of nitrogens with zero attached hydrogens (tertiary/aromatic N) is 4. The normalized spacial score (nSPS) is 13.1. The SMILES string of the molecule is CCN(CCNC(=NC)NC(C)Cc1c(C)nn(C)c1C)C(C)C.I. The van der Waals surface area contributed by atoms with E-state index in [2.05, 4.69) is 67.2 Å². The summed E-state index contributed by atoms with van der Waals surface area (Å²) in [6.07, 6.45) is 0.944. The molecule has 1 aromatic rings. The van der Waals surface area contributed by atoms with E-state index >= 15 is 0 Å². The fourth-order valence-electron chi connectivity index (χ4n) is 3.00. The first-order valence-electron chi connectivity index (χ1n) is 9.00. The Kier molecular flexibility index (Phi) is 11.3. The van der Waals surface area contributed by atoms with Crippen molar-refractivity contribution in [2.24, 2.45) is 12.0 Å². The molecule has 0 aliphatic carbocycles. The molecule has 7 heteroatoms. The van der Waals surface area contributed by atoms with Crippen molar-refractivity contribution in [2.75, 3.05) is 26.7 Å². The average Bonchev–Trinajstić information content (AvgIpc) is 2.76. The van der Waals surface area contributed by atoms with Gasteiger partial charge in [0.05, 0.1) is 5.69 Å². The molecule has 1 aromatic heterocycles. The maximum atomic E-state index is 4.50. The zero-order valence-electron chi connectivity index (χ0n) is 17.2. The van der Waals surface area contributed by atoms with Crippen molar-refractivity contribution < 1.29 is 0 Å². The van der Waals surface area contributed by atoms with Crippen LogP contribution in [0.2, 0.25) is 0 Å². The number of aliphatic imine (C=N–C) groups is 1. The van der Waals surface area contributed by atoms with Crippen LogP contribution in [0.5, 0.6) is 0 Å². The van der Waals surface area contributed by atoms with Gasteiger partial charge in [0.2, 0.25) is 0 Å². The van der Waals surface area contributed by atoms with Gasteiger partial charge in [-0.15, -0.1) is 24.0 Å². The van der Waals surface area contributed by atoms with E-state index in [9.17, 15) is 0 Å². The standard InChI is InChI=1S/C18H36N6.HI/c1-9-24(13(2)3)11-10-20-18(19-7)21-14(4)12-17-15(5)22-23(8)16(17)6;/h13-14H,9-12H2,1-8H3,(H2,19,20,21);1H. The molecular weight excluding hydrogens is 427 g/mol. The third-order valence-electron chi connectivity index (χ3n) is 4.60. The topological polar surface area (TPSA) is 57.5 Å². The van der Waals surface area contributed by atoms with Crippen LogP contribution >= 0.6 is 24.0 Å². The van der Waals surface area contributed by atoms with Crippen molar-refractivity contribution in [3.8, 4) is 0 Å². The van der Waals surface area contributed by atoms with Crippen molar-refractivity contribution in [2.45, 2.75) is 60.0 Å². The minimum absolute atomic E-state index is 0. The van der Waals surface area contributed by atoms with Gasteiger partial charge in [0.1, 0.15) is 0 Å². The van der Waals surface area contributed by atoms with Gasteiger partial charge < -0.3 is 10.6 Å². The highest BCUT2D eigenvalue weighted by atomic mass is 127. The van der Waals surface area contributed by atoms with Gasteiger partial charge in [0.15, 0.2) is 5.96 Å². The number of halogens is 1. The van der Waals surface area contributed by atoms with Gasteiger partial charge in [-0.25, -0.2) is 0 Å². The minimum atomic E-state index is 0. The first-order valence-corrected chi connectivity index (χ1v) is 9.00. The zero-order valence-corrected chi connectivity index (χ0v) is 19.5. The number of aryl methyl sites for hydroxylation is 2. The predicted molar refractivity (Wildman–Crippen MR) is 118 cm³/mol. The Balaban J connectivity index is 0.00000576. The van der Waals surface area contributed by atoms with Crippen LogP contribution < -0.4 is 10.6 Å². The highest BCUT2D eigenvalue weighted by Gasteiger charge is 2.14. The van der Waals surface area contributed by atoms with Crippen molar-refractivity contribution >= 4 is 29.9 Å². The summed E-state index contributed by atoms with van der Waals surface area (Å²) in [5.74, 6) is 0.863. The molecule has 0 aliphatic heterocycles. The molecule has 0 amide bonds. The van der Waals surface area contributed by atoms with Crippen molar-refractivity contribution in [1.29, 1.82) is 0 Å². The van der Waals surface area contributed by atoms with Crippen molar-refractivity contribution in [3.63, 3.8) is 0 Å². The van der Waals surface area contributed by atoms with E-state index in [0.29, 0.717) is 12.1 Å². The summed E-state index contributed by atoms with van der Waals surface area (Å²) in [4.78, 5) is 6.78. The number of likely N-dealkylation sites (N-methyl/N-ethyl adjacent to an activating group) is 1. The summed E-state index contributed by atoms with van der Waals surface area (Å²) in [7, 11) is 3.82. The summed E-state index contributed by atoms with van der Waals surface area (Å²) >= 11 is 0. The predicted octanol–water partition coefficient (Wildman–Crippen LogP) is 2.48. The minimum Gasteiger partial charge on any atom is -0.355 e. The summed E-state index contributed by atoms with van der Waals surface area (Å²) in [5.41, 5.74) is 3.67. The second kappa shape index (κ2) is 11.7. The lowest BCUT2D eigenvalue weighted by molar-refractivity contribution is 0.237. The lowest BCUT2D eigenvalue weighted by atomic mass is 10.1. The number of guanidine groups is 1. The molecule has 0 spiro atoms. The quantitative estimate of drug-likeness (QED) is 0.353. The van der Waals surface area contributed by atoms with Crippen LogP contribution in [0.15, 0.2) is 4.99 Å². The largest absolute Gasteiger partial charge is 0.355 e. The van der Waals surface area contributed by atoms with E-state index in [1.165, 1.54) is 11.3 Å². The lowest BCUT2D eigenvalue weighted by Gasteiger charge is -2.25. The van der Waals surface area contributed by atoms with Gasteiger partial charge in [-0.3, -0.25) is 14.6 Å². The number of rotatable bonds is 8. The summed E-state index contributed by atoms with van der Waals surface area (Å²) < 4.78 is 1.95. The van der Waals surface area contributed by atoms with Gasteiger partial charge >= 0.3 is 0 Å². The van der Waals surface area contributed by atoms with Crippen LogP contribution in [-0.2, 0) is 13.5 Å². The zero-order chi connectivity index (χ0) is 18.3. The van der Waals surface area contributed by atoms with Gasteiger partial charge in [-0.2, -0.15) is 5.10 Å². The average molecular weight is 464 g/mol. The third-order valence-corrected chi connectivity index (χ3v) is 4.60. The van der Waals surface area contributed by atoms with Gasteiger partial charge in [-0.05, 0) is 53.1 Å². The lowest BCUT2D eigenvalue weighted by Crippen LogP contribution is -2.46. The Bertz CT molecular complexity index is 538. The second-order valence-corrected chi connectivity index (χ2v) is 6.74. The molecular formula is C18H37IN6. The summed E-state index contributed by atoms with van der Waals surface area (Å²) in [6, 6.07) is 0.868. The summed E-state index contributed by atoms with van der Waals surface area (Å²) in [5, 5.41) is 11.4. The highest BCUT2D eigenvalue weighted by Crippen LogP contribution is 2.14. The van der Waals surface area contributed by atoms with Gasteiger partial charge in [0.25, 0.3) is 0 Å². The van der Waals surface area contributed by atoms with Crippen LogP contribution in [-0.4, -0.2) is 59.4 Å². The third kappa shape index (κ3) is 7.52. The van der Waals surface area contributed by atoms with Crippen LogP contribution in [0.4, 0.5) is 0 Å². The fraction of sp³-hybridized carbons (Fsp3) is 0.778. The monoisotopic (exact) mass is 464 g/mol. The molecule has 146 valence electrons. The van der Waals surface area contributed by atoms with Crippen LogP contribution in [0.25, 0.3) is 0 Å². The molecule has 0 radical (unpaired) electrons. The van der Waals surface area contributed by atoms with E-state index in [1.54, 1.807) is 0 Å². The molecule has 6 nitrogen and oxygen atoms in total. The first kappa shape index (κ1) is 24.2. The van der Waals surface area contributed by atoms with E-state index in [0.717, 1.165) is 37.7 Å². The molecule has 0 fully saturated rings. The Hall–Kier alpha value is -0.830. The molecule has 0 saturated carbocycles. The highest BCUT2D eigenvalue weighted by molar-refractivity contribution is 14.0. The molecule has 0 bridgehead atoms. The molecule has 1 atom stereocenters. The second-order valence-electron chi connectivity index (χ2n) is 6.74. The van der Waals surface area contributed by atoms with E-state index in [1.807, 2.05) is 18.8 Å². The Labute approximate surface area is 170 Å². The summed E-state index contributed by atoms with van der Waals surface area (Å²) in [6.45, 7) is 16.0. The van der Waals surface area contributed by atoms with Crippen LogP contribution in [0.3, 0.4) is 0 Å². The van der Waals surface area contributed by atoms with E-state index in [-0.39, 0.29) is 24.0 Å². The molecule has 0 saturated heterocycles. The van der Waals surface area contributed by atoms with Crippen molar-refractivity contribution in [3.05, 3.63) is 17.0 Å². The number of hydrogen-bond acceptors (Lipinski definition) is 3. The molecule has 1 heterocycles. The molecule has 2 N–H and O–H groups in total. The van der Waals surface area contributed by atoms with E-state index < -0.39 is 0 Å². The molecule has 1 unspecified atom stereocenters. The van der Waals surface area contributed by atoms with Gasteiger partial charge in [-0.1, -0.05) is 6.92 Å². The molecule has 0 aliphatic rings. The maximum Gasteiger partial charge on any atom is 0.191 e. The molecule has 1 rings (SSSR count). The van der Waals surface area contributed by atoms with E-state index in [4.69, 9.17) is 0 Å².